The van der Waals surface area contributed by atoms with Gasteiger partial charge in [0.1, 0.15) is 0 Å². The van der Waals surface area contributed by atoms with Crippen molar-refractivity contribution >= 4 is 5.96 Å². The SMILES string of the molecule is Cc1nn(-c2ccccc2)c(C)c1CN=C(N)N1CCCC(C)C1. The summed E-state index contributed by atoms with van der Waals surface area (Å²) in [5.74, 6) is 1.35. The number of likely N-dealkylation sites (tertiary alicyclic amines) is 1. The van der Waals surface area contributed by atoms with Gasteiger partial charge >= 0.3 is 0 Å². The molecule has 2 aromatic rings. The van der Waals surface area contributed by atoms with E-state index in [-0.39, 0.29) is 0 Å². The zero-order valence-electron chi connectivity index (χ0n) is 14.9. The summed E-state index contributed by atoms with van der Waals surface area (Å²) in [6.45, 7) is 9.02. The Morgan fingerprint density at radius 2 is 2.04 bits per heavy atom. The third kappa shape index (κ3) is 3.45. The van der Waals surface area contributed by atoms with E-state index in [4.69, 9.17) is 5.73 Å². The number of rotatable bonds is 3. The van der Waals surface area contributed by atoms with Gasteiger partial charge in [-0.3, -0.25) is 0 Å². The monoisotopic (exact) mass is 325 g/mol. The zero-order chi connectivity index (χ0) is 17.1. The van der Waals surface area contributed by atoms with Gasteiger partial charge in [-0.1, -0.05) is 25.1 Å². The van der Waals surface area contributed by atoms with Crippen molar-refractivity contribution in [3.05, 3.63) is 47.3 Å². The number of aromatic nitrogens is 2. The molecule has 1 unspecified atom stereocenters. The molecule has 0 aliphatic carbocycles. The van der Waals surface area contributed by atoms with Crippen LogP contribution in [-0.4, -0.2) is 33.7 Å². The average molecular weight is 325 g/mol. The highest BCUT2D eigenvalue weighted by molar-refractivity contribution is 5.78. The number of piperidine rings is 1. The van der Waals surface area contributed by atoms with E-state index >= 15 is 0 Å². The fourth-order valence-electron chi connectivity index (χ4n) is 3.38. The molecule has 0 bridgehead atoms. The van der Waals surface area contributed by atoms with Gasteiger partial charge in [-0.2, -0.15) is 5.10 Å². The smallest absolute Gasteiger partial charge is 0.191 e. The Hall–Kier alpha value is -2.30. The number of hydrogen-bond acceptors (Lipinski definition) is 2. The van der Waals surface area contributed by atoms with Crippen molar-refractivity contribution in [2.75, 3.05) is 13.1 Å². The van der Waals surface area contributed by atoms with Crippen molar-refractivity contribution in [1.29, 1.82) is 0 Å². The standard InChI is InChI=1S/C19H27N5/c1-14-8-7-11-23(13-14)19(20)21-12-18-15(2)22-24(16(18)3)17-9-5-4-6-10-17/h4-6,9-10,14H,7-8,11-13H2,1-3H3,(H2,20,21). The molecule has 3 rings (SSSR count). The van der Waals surface area contributed by atoms with Gasteiger partial charge in [0.2, 0.25) is 0 Å². The molecular formula is C19H27N5. The molecule has 2 heterocycles. The molecule has 5 heteroatoms. The van der Waals surface area contributed by atoms with Gasteiger partial charge in [-0.05, 0) is 44.7 Å². The second kappa shape index (κ2) is 7.07. The fraction of sp³-hybridized carbons (Fsp3) is 0.474. The molecular weight excluding hydrogens is 298 g/mol. The summed E-state index contributed by atoms with van der Waals surface area (Å²) in [7, 11) is 0. The van der Waals surface area contributed by atoms with Gasteiger partial charge < -0.3 is 10.6 Å². The van der Waals surface area contributed by atoms with E-state index < -0.39 is 0 Å². The molecule has 0 radical (unpaired) electrons. The van der Waals surface area contributed by atoms with Crippen LogP contribution in [0, 0.1) is 19.8 Å². The molecule has 1 aliphatic heterocycles. The summed E-state index contributed by atoms with van der Waals surface area (Å²) < 4.78 is 1.99. The minimum atomic E-state index is 0.585. The Kier molecular flexibility index (Phi) is 4.88. The van der Waals surface area contributed by atoms with Crippen molar-refractivity contribution in [3.63, 3.8) is 0 Å². The lowest BCUT2D eigenvalue weighted by Crippen LogP contribution is -2.43. The van der Waals surface area contributed by atoms with Crippen LogP contribution in [0.1, 0.15) is 36.7 Å². The highest BCUT2D eigenvalue weighted by Crippen LogP contribution is 2.19. The number of guanidine groups is 1. The Morgan fingerprint density at radius 1 is 1.29 bits per heavy atom. The summed E-state index contributed by atoms with van der Waals surface area (Å²) >= 11 is 0. The molecule has 1 fully saturated rings. The van der Waals surface area contributed by atoms with Crippen LogP contribution in [0.5, 0.6) is 0 Å². The topological polar surface area (TPSA) is 59.4 Å². The lowest BCUT2D eigenvalue weighted by Gasteiger charge is -2.31. The second-order valence-electron chi connectivity index (χ2n) is 6.76. The van der Waals surface area contributed by atoms with Crippen LogP contribution in [-0.2, 0) is 6.54 Å². The van der Waals surface area contributed by atoms with Crippen LogP contribution in [0.3, 0.4) is 0 Å². The van der Waals surface area contributed by atoms with Crippen molar-refractivity contribution in [2.24, 2.45) is 16.6 Å². The molecule has 0 amide bonds. The highest BCUT2D eigenvalue weighted by atomic mass is 15.3. The van der Waals surface area contributed by atoms with E-state index in [1.165, 1.54) is 12.8 Å². The normalized spacial score (nSPS) is 18.9. The van der Waals surface area contributed by atoms with Crippen molar-refractivity contribution in [3.8, 4) is 5.69 Å². The van der Waals surface area contributed by atoms with Crippen LogP contribution in [0.15, 0.2) is 35.3 Å². The number of nitrogens with zero attached hydrogens (tertiary/aromatic N) is 4. The number of hydrogen-bond donors (Lipinski definition) is 1. The van der Waals surface area contributed by atoms with Gasteiger partial charge in [0.25, 0.3) is 0 Å². The summed E-state index contributed by atoms with van der Waals surface area (Å²) in [5.41, 5.74) is 10.6. The van der Waals surface area contributed by atoms with E-state index in [1.807, 2.05) is 29.8 Å². The van der Waals surface area contributed by atoms with Gasteiger partial charge in [0.05, 0.1) is 17.9 Å². The van der Waals surface area contributed by atoms with Gasteiger partial charge in [0.15, 0.2) is 5.96 Å². The van der Waals surface area contributed by atoms with Crippen molar-refractivity contribution in [2.45, 2.75) is 40.2 Å². The first-order chi connectivity index (χ1) is 11.6. The maximum Gasteiger partial charge on any atom is 0.191 e. The van der Waals surface area contributed by atoms with Gasteiger partial charge in [-0.15, -0.1) is 0 Å². The lowest BCUT2D eigenvalue weighted by molar-refractivity contribution is 0.270. The van der Waals surface area contributed by atoms with Crippen molar-refractivity contribution < 1.29 is 0 Å². The molecule has 5 nitrogen and oxygen atoms in total. The van der Waals surface area contributed by atoms with Gasteiger partial charge in [-0.25, -0.2) is 9.67 Å². The highest BCUT2D eigenvalue weighted by Gasteiger charge is 2.18. The minimum Gasteiger partial charge on any atom is -0.370 e. The maximum absolute atomic E-state index is 6.23. The van der Waals surface area contributed by atoms with E-state index in [0.29, 0.717) is 18.4 Å². The molecule has 0 spiro atoms. The van der Waals surface area contributed by atoms with Gasteiger partial charge in [0, 0.05) is 24.3 Å². The maximum atomic E-state index is 6.23. The third-order valence-electron chi connectivity index (χ3n) is 4.82. The summed E-state index contributed by atoms with van der Waals surface area (Å²) in [6.07, 6.45) is 2.48. The molecule has 24 heavy (non-hydrogen) atoms. The predicted molar refractivity (Wildman–Crippen MR) is 98.3 cm³/mol. The minimum absolute atomic E-state index is 0.585. The second-order valence-corrected chi connectivity index (χ2v) is 6.76. The Labute approximate surface area is 144 Å². The summed E-state index contributed by atoms with van der Waals surface area (Å²) in [5, 5.41) is 4.68. The number of benzene rings is 1. The largest absolute Gasteiger partial charge is 0.370 e. The van der Waals surface area contributed by atoms with E-state index in [1.54, 1.807) is 0 Å². The molecule has 1 saturated heterocycles. The Balaban J connectivity index is 1.78. The van der Waals surface area contributed by atoms with Crippen LogP contribution >= 0.6 is 0 Å². The van der Waals surface area contributed by atoms with E-state index in [9.17, 15) is 0 Å². The lowest BCUT2D eigenvalue weighted by atomic mass is 10.0. The summed E-state index contributed by atoms with van der Waals surface area (Å²) in [6, 6.07) is 10.2. The number of aliphatic imine (C=N–C) groups is 1. The number of para-hydroxylation sites is 1. The first-order valence-electron chi connectivity index (χ1n) is 8.71. The van der Waals surface area contributed by atoms with Crippen LogP contribution in [0.25, 0.3) is 5.69 Å². The molecule has 0 saturated carbocycles. The molecule has 1 aromatic carbocycles. The predicted octanol–water partition coefficient (Wildman–Crippen LogP) is 3.04. The van der Waals surface area contributed by atoms with Crippen LogP contribution < -0.4 is 5.73 Å². The average Bonchev–Trinajstić information content (AvgIpc) is 2.88. The van der Waals surface area contributed by atoms with Crippen molar-refractivity contribution in [1.82, 2.24) is 14.7 Å². The first-order valence-corrected chi connectivity index (χ1v) is 8.71. The summed E-state index contributed by atoms with van der Waals surface area (Å²) in [4.78, 5) is 6.86. The van der Waals surface area contributed by atoms with Crippen LogP contribution in [0.4, 0.5) is 0 Å². The number of nitrogens with two attached hydrogens (primary N) is 1. The number of aryl methyl sites for hydroxylation is 1. The van der Waals surface area contributed by atoms with Crippen LogP contribution in [0.2, 0.25) is 0 Å². The van der Waals surface area contributed by atoms with E-state index in [2.05, 4.69) is 41.0 Å². The Morgan fingerprint density at radius 3 is 2.75 bits per heavy atom. The Bertz CT molecular complexity index is 717. The first kappa shape index (κ1) is 16.6. The molecule has 2 N–H and O–H groups in total. The molecule has 1 atom stereocenters. The molecule has 1 aliphatic rings. The fourth-order valence-corrected chi connectivity index (χ4v) is 3.38. The molecule has 1 aromatic heterocycles. The van der Waals surface area contributed by atoms with E-state index in [0.717, 1.165) is 35.7 Å². The third-order valence-corrected chi connectivity index (χ3v) is 4.82. The molecule has 128 valence electrons. The quantitative estimate of drug-likeness (QED) is 0.697. The zero-order valence-corrected chi connectivity index (χ0v) is 14.9.